The zero-order valence-corrected chi connectivity index (χ0v) is 19.1. The number of rotatable bonds is 3. The fourth-order valence-corrected chi connectivity index (χ4v) is 7.16. The van der Waals surface area contributed by atoms with Gasteiger partial charge in [0.05, 0.1) is 5.92 Å². The van der Waals surface area contributed by atoms with E-state index in [-0.39, 0.29) is 28.3 Å². The zero-order chi connectivity index (χ0) is 21.9. The molecule has 0 radical (unpaired) electrons. The van der Waals surface area contributed by atoms with E-state index in [1.807, 2.05) is 26.8 Å². The summed E-state index contributed by atoms with van der Waals surface area (Å²) in [6.07, 6.45) is 11.0. The van der Waals surface area contributed by atoms with Crippen LogP contribution in [0.5, 0.6) is 0 Å². The summed E-state index contributed by atoms with van der Waals surface area (Å²) in [5, 5.41) is 9.43. The third-order valence-corrected chi connectivity index (χ3v) is 8.79. The van der Waals surface area contributed by atoms with Crippen LogP contribution in [0.3, 0.4) is 0 Å². The van der Waals surface area contributed by atoms with Crippen molar-refractivity contribution in [1.82, 2.24) is 5.48 Å². The van der Waals surface area contributed by atoms with Crippen molar-refractivity contribution in [3.05, 3.63) is 23.3 Å². The Labute approximate surface area is 180 Å². The Balaban J connectivity index is 1.55. The van der Waals surface area contributed by atoms with Gasteiger partial charge in [0, 0.05) is 11.1 Å². The molecule has 2 fully saturated rings. The lowest BCUT2D eigenvalue weighted by molar-refractivity contribution is -0.167. The largest absolute Gasteiger partial charge is 0.478 e. The minimum Gasteiger partial charge on any atom is -0.478 e. The molecule has 166 valence electrons. The Bertz CT molecular complexity index is 806. The Morgan fingerprint density at radius 1 is 1.13 bits per heavy atom. The number of aliphatic carboxylic acids is 1. The topological polar surface area (TPSA) is 75.6 Å². The average molecular weight is 416 g/mol. The first-order valence-corrected chi connectivity index (χ1v) is 11.6. The van der Waals surface area contributed by atoms with Gasteiger partial charge in [-0.2, -0.15) is 0 Å². The molecule has 0 spiro atoms. The maximum absolute atomic E-state index is 12.9. The monoisotopic (exact) mass is 415 g/mol. The van der Waals surface area contributed by atoms with Crippen molar-refractivity contribution in [3.63, 3.8) is 0 Å². The third kappa shape index (κ3) is 3.43. The van der Waals surface area contributed by atoms with E-state index in [0.717, 1.165) is 38.5 Å². The maximum Gasteiger partial charge on any atom is 0.331 e. The first-order valence-electron chi connectivity index (χ1n) is 11.6. The number of carbonyl (C=O) groups is 2. The Morgan fingerprint density at radius 2 is 1.87 bits per heavy atom. The van der Waals surface area contributed by atoms with E-state index in [2.05, 4.69) is 25.4 Å². The molecule has 4 aliphatic rings. The van der Waals surface area contributed by atoms with Crippen LogP contribution in [-0.4, -0.2) is 22.6 Å². The smallest absolute Gasteiger partial charge is 0.331 e. The number of carboxylic acids is 1. The number of carbonyl (C=O) groups excluding carboxylic acids is 1. The van der Waals surface area contributed by atoms with E-state index in [4.69, 9.17) is 4.84 Å². The van der Waals surface area contributed by atoms with Crippen molar-refractivity contribution >= 4 is 11.9 Å². The number of nitrogens with one attached hydrogen (secondary N) is 1. The van der Waals surface area contributed by atoms with Crippen LogP contribution < -0.4 is 5.48 Å². The Kier molecular flexibility index (Phi) is 5.20. The van der Waals surface area contributed by atoms with E-state index in [0.29, 0.717) is 29.7 Å². The van der Waals surface area contributed by atoms with Crippen LogP contribution in [0.1, 0.15) is 79.6 Å². The molecule has 0 amide bonds. The van der Waals surface area contributed by atoms with Gasteiger partial charge in [-0.15, -0.1) is 5.48 Å². The molecule has 0 aliphatic heterocycles. The highest BCUT2D eigenvalue weighted by Crippen LogP contribution is 2.66. The van der Waals surface area contributed by atoms with Gasteiger partial charge in [0.15, 0.2) is 0 Å². The second-order valence-corrected chi connectivity index (χ2v) is 11.6. The van der Waals surface area contributed by atoms with Gasteiger partial charge < -0.3 is 9.94 Å². The average Bonchev–Trinajstić information content (AvgIpc) is 3.02. The van der Waals surface area contributed by atoms with Crippen molar-refractivity contribution in [2.75, 3.05) is 0 Å². The number of fused-ring (bicyclic) bond motifs is 5. The van der Waals surface area contributed by atoms with Crippen molar-refractivity contribution < 1.29 is 19.5 Å². The third-order valence-electron chi connectivity index (χ3n) is 8.79. The Morgan fingerprint density at radius 3 is 2.53 bits per heavy atom. The van der Waals surface area contributed by atoms with Gasteiger partial charge in [-0.05, 0) is 106 Å². The molecule has 5 nitrogen and oxygen atoms in total. The van der Waals surface area contributed by atoms with Gasteiger partial charge in [-0.3, -0.25) is 4.79 Å². The maximum atomic E-state index is 12.9. The fraction of sp³-hybridized carbons (Fsp3) is 0.760. The molecule has 0 aromatic heterocycles. The van der Waals surface area contributed by atoms with Crippen LogP contribution in [0.4, 0.5) is 0 Å². The lowest BCUT2D eigenvalue weighted by Crippen LogP contribution is -2.50. The highest BCUT2D eigenvalue weighted by molar-refractivity contribution is 5.87. The van der Waals surface area contributed by atoms with Crippen molar-refractivity contribution in [2.45, 2.75) is 85.1 Å². The number of carboxylic acid groups (broad SMARTS) is 1. The minimum atomic E-state index is -0.780. The van der Waals surface area contributed by atoms with Crippen LogP contribution in [0.15, 0.2) is 23.3 Å². The van der Waals surface area contributed by atoms with E-state index in [1.165, 1.54) is 5.57 Å². The number of hydroxylamine groups is 1. The zero-order valence-electron chi connectivity index (χ0n) is 19.1. The summed E-state index contributed by atoms with van der Waals surface area (Å²) in [4.78, 5) is 29.9. The van der Waals surface area contributed by atoms with Crippen molar-refractivity contribution in [2.24, 2.45) is 34.5 Å². The quantitative estimate of drug-likeness (QED) is 0.632. The molecular formula is C25H37NO4. The highest BCUT2D eigenvalue weighted by Gasteiger charge is 2.60. The van der Waals surface area contributed by atoms with Crippen LogP contribution in [-0.2, 0) is 14.4 Å². The lowest BCUT2D eigenvalue weighted by atomic mass is 9.48. The second kappa shape index (κ2) is 7.22. The summed E-state index contributed by atoms with van der Waals surface area (Å²) in [5.74, 6) is 0.759. The molecule has 4 rings (SSSR count). The number of hydrogen-bond donors (Lipinski definition) is 2. The van der Waals surface area contributed by atoms with E-state index >= 15 is 0 Å². The first-order chi connectivity index (χ1) is 14.0. The second-order valence-electron chi connectivity index (χ2n) is 11.6. The summed E-state index contributed by atoms with van der Waals surface area (Å²) in [6, 6.07) is 0. The van der Waals surface area contributed by atoms with Crippen LogP contribution in [0.2, 0.25) is 0 Å². The van der Waals surface area contributed by atoms with Crippen molar-refractivity contribution in [3.8, 4) is 0 Å². The summed E-state index contributed by atoms with van der Waals surface area (Å²) < 4.78 is 0. The molecule has 0 saturated heterocycles. The number of allylic oxidation sites excluding steroid dienone is 3. The van der Waals surface area contributed by atoms with Crippen LogP contribution in [0, 0.1) is 34.5 Å². The summed E-state index contributed by atoms with van der Waals surface area (Å²) in [5.41, 5.74) is 4.50. The first kappa shape index (κ1) is 21.6. The van der Waals surface area contributed by atoms with Gasteiger partial charge in [0.1, 0.15) is 0 Å². The molecule has 2 saturated carbocycles. The minimum absolute atomic E-state index is 0.00372. The summed E-state index contributed by atoms with van der Waals surface area (Å²) in [6.45, 7) is 10.6. The van der Waals surface area contributed by atoms with Gasteiger partial charge in [0.2, 0.25) is 0 Å². The fourth-order valence-electron chi connectivity index (χ4n) is 7.16. The molecule has 0 bridgehead atoms. The standard InChI is InChI=1S/C25H37NO4/c1-23(2,3)26-30-22(29)20-9-8-18-17-7-6-16-14-15(21(27)28)10-12-24(16,4)19(17)11-13-25(18,20)5/h6,14,17-20,26H,7-13H2,1-5H3,(H,27,28)/t17-,18-,19-,20+,24-,25-/m0/s1. The van der Waals surface area contributed by atoms with Gasteiger partial charge in [0.25, 0.3) is 0 Å². The molecule has 2 N–H and O–H groups in total. The summed E-state index contributed by atoms with van der Waals surface area (Å²) >= 11 is 0. The molecule has 0 aromatic carbocycles. The molecule has 0 heterocycles. The predicted molar refractivity (Wildman–Crippen MR) is 115 cm³/mol. The molecule has 4 aliphatic carbocycles. The van der Waals surface area contributed by atoms with Crippen molar-refractivity contribution in [1.29, 1.82) is 0 Å². The summed E-state index contributed by atoms with van der Waals surface area (Å²) in [7, 11) is 0. The molecule has 5 heteroatoms. The lowest BCUT2D eigenvalue weighted by Gasteiger charge is -2.56. The molecule has 30 heavy (non-hydrogen) atoms. The molecule has 0 aromatic rings. The highest BCUT2D eigenvalue weighted by atomic mass is 16.7. The van der Waals surface area contributed by atoms with E-state index < -0.39 is 5.97 Å². The number of hydrogen-bond acceptors (Lipinski definition) is 4. The predicted octanol–water partition coefficient (Wildman–Crippen LogP) is 5.03. The van der Waals surface area contributed by atoms with Gasteiger partial charge in [-0.25, -0.2) is 4.79 Å². The van der Waals surface area contributed by atoms with Crippen LogP contribution >= 0.6 is 0 Å². The molecular weight excluding hydrogens is 378 g/mol. The Hall–Kier alpha value is -1.62. The van der Waals surface area contributed by atoms with Gasteiger partial charge >= 0.3 is 11.9 Å². The van der Waals surface area contributed by atoms with Crippen LogP contribution in [0.25, 0.3) is 0 Å². The van der Waals surface area contributed by atoms with E-state index in [1.54, 1.807) is 0 Å². The van der Waals surface area contributed by atoms with E-state index in [9.17, 15) is 14.7 Å². The SMILES string of the molecule is CC(C)(C)NOC(=O)[C@H]1CC[C@H]2[C@@H]3CC=C4C=C(C(=O)O)CC[C@]4(C)[C@H]3CC[C@]12C. The molecule has 6 atom stereocenters. The normalized spacial score (nSPS) is 40.4. The van der Waals surface area contributed by atoms with Gasteiger partial charge in [-0.1, -0.05) is 19.9 Å². The molecule has 0 unspecified atom stereocenters.